The largest absolute Gasteiger partial charge is 0.417 e. The molecule has 0 atom stereocenters. The predicted octanol–water partition coefficient (Wildman–Crippen LogP) is 3.65. The van der Waals surface area contributed by atoms with Gasteiger partial charge in [-0.3, -0.25) is 10.1 Å². The van der Waals surface area contributed by atoms with Crippen molar-refractivity contribution in [1.29, 1.82) is 0 Å². The Morgan fingerprint density at radius 3 is 2.31 bits per heavy atom. The quantitative estimate of drug-likeness (QED) is 0.362. The molecule has 0 saturated heterocycles. The van der Waals surface area contributed by atoms with E-state index in [1.54, 1.807) is 0 Å². The molecular formula is C8H4BrF4NO2. The summed E-state index contributed by atoms with van der Waals surface area (Å²) >= 11 is 2.70. The Hall–Kier alpha value is -1.18. The lowest BCUT2D eigenvalue weighted by Gasteiger charge is -2.11. The van der Waals surface area contributed by atoms with Crippen LogP contribution in [0.4, 0.5) is 23.2 Å². The molecule has 0 aliphatic carbocycles. The first kappa shape index (κ1) is 12.9. The monoisotopic (exact) mass is 301 g/mol. The second kappa shape index (κ2) is 4.36. The molecule has 0 unspecified atom stereocenters. The van der Waals surface area contributed by atoms with E-state index < -0.39 is 33.7 Å². The van der Waals surface area contributed by atoms with Crippen molar-refractivity contribution in [2.75, 3.05) is 0 Å². The lowest BCUT2D eigenvalue weighted by atomic mass is 10.1. The average molecular weight is 302 g/mol. The molecule has 88 valence electrons. The first-order chi connectivity index (χ1) is 7.27. The van der Waals surface area contributed by atoms with Gasteiger partial charge in [-0.25, -0.2) is 4.39 Å². The molecule has 0 N–H and O–H groups in total. The van der Waals surface area contributed by atoms with Gasteiger partial charge in [0.1, 0.15) is 5.82 Å². The molecule has 1 aromatic rings. The summed E-state index contributed by atoms with van der Waals surface area (Å²) in [5.74, 6) is -1.25. The Morgan fingerprint density at radius 2 is 1.94 bits per heavy atom. The SMILES string of the molecule is O=[N+]([O-])c1cc(F)c(CBr)c(C(F)(F)F)c1. The molecule has 0 radical (unpaired) electrons. The number of alkyl halides is 4. The van der Waals surface area contributed by atoms with E-state index in [-0.39, 0.29) is 5.33 Å². The fourth-order valence-corrected chi connectivity index (χ4v) is 1.69. The number of nitro benzene ring substituents is 1. The zero-order valence-corrected chi connectivity index (χ0v) is 9.10. The molecule has 1 rings (SSSR count). The van der Waals surface area contributed by atoms with Crippen molar-refractivity contribution in [3.63, 3.8) is 0 Å². The number of halogens is 5. The standard InChI is InChI=1S/C8H4BrF4NO2/c9-3-5-6(8(11,12)13)1-4(14(15)16)2-7(5)10/h1-2H,3H2. The van der Waals surface area contributed by atoms with Crippen LogP contribution >= 0.6 is 15.9 Å². The molecule has 0 spiro atoms. The van der Waals surface area contributed by atoms with Crippen LogP contribution in [0.3, 0.4) is 0 Å². The molecule has 0 heterocycles. The molecule has 0 aliphatic rings. The summed E-state index contributed by atoms with van der Waals surface area (Å²) < 4.78 is 50.5. The van der Waals surface area contributed by atoms with Crippen LogP contribution in [0, 0.1) is 15.9 Å². The van der Waals surface area contributed by atoms with Gasteiger partial charge in [0.05, 0.1) is 16.6 Å². The second-order valence-corrected chi connectivity index (χ2v) is 3.40. The lowest BCUT2D eigenvalue weighted by Crippen LogP contribution is -2.11. The van der Waals surface area contributed by atoms with Crippen molar-refractivity contribution in [1.82, 2.24) is 0 Å². The topological polar surface area (TPSA) is 43.1 Å². The van der Waals surface area contributed by atoms with E-state index >= 15 is 0 Å². The maximum atomic E-state index is 13.2. The molecular weight excluding hydrogens is 298 g/mol. The zero-order valence-electron chi connectivity index (χ0n) is 7.52. The molecule has 0 aromatic heterocycles. The van der Waals surface area contributed by atoms with Gasteiger partial charge in [0.25, 0.3) is 5.69 Å². The molecule has 3 nitrogen and oxygen atoms in total. The first-order valence-corrected chi connectivity index (χ1v) is 4.99. The third-order valence-corrected chi connectivity index (χ3v) is 2.39. The van der Waals surface area contributed by atoms with E-state index in [0.717, 1.165) is 0 Å². The second-order valence-electron chi connectivity index (χ2n) is 2.84. The van der Waals surface area contributed by atoms with Gasteiger partial charge in [-0.1, -0.05) is 15.9 Å². The minimum Gasteiger partial charge on any atom is -0.258 e. The van der Waals surface area contributed by atoms with Gasteiger partial charge in [0.15, 0.2) is 0 Å². The van der Waals surface area contributed by atoms with Gasteiger partial charge >= 0.3 is 6.18 Å². The number of hydrogen-bond acceptors (Lipinski definition) is 2. The van der Waals surface area contributed by atoms with Crippen molar-refractivity contribution < 1.29 is 22.5 Å². The average Bonchev–Trinajstić information content (AvgIpc) is 2.14. The molecule has 0 aliphatic heterocycles. The summed E-state index contributed by atoms with van der Waals surface area (Å²) in [5, 5.41) is 9.92. The number of nitro groups is 1. The van der Waals surface area contributed by atoms with Crippen LogP contribution in [0.25, 0.3) is 0 Å². The highest BCUT2D eigenvalue weighted by molar-refractivity contribution is 9.08. The van der Waals surface area contributed by atoms with E-state index in [2.05, 4.69) is 15.9 Å². The van der Waals surface area contributed by atoms with Gasteiger partial charge in [-0.2, -0.15) is 13.2 Å². The maximum absolute atomic E-state index is 13.2. The first-order valence-electron chi connectivity index (χ1n) is 3.87. The number of nitrogens with zero attached hydrogens (tertiary/aromatic N) is 1. The van der Waals surface area contributed by atoms with Gasteiger partial charge in [-0.05, 0) is 0 Å². The van der Waals surface area contributed by atoms with Crippen molar-refractivity contribution in [2.45, 2.75) is 11.5 Å². The summed E-state index contributed by atoms with van der Waals surface area (Å²) in [6.45, 7) is 0. The van der Waals surface area contributed by atoms with Crippen molar-refractivity contribution in [3.05, 3.63) is 39.2 Å². The van der Waals surface area contributed by atoms with Crippen LogP contribution in [-0.2, 0) is 11.5 Å². The van der Waals surface area contributed by atoms with E-state index in [1.807, 2.05) is 0 Å². The van der Waals surface area contributed by atoms with E-state index in [4.69, 9.17) is 0 Å². The molecule has 0 saturated carbocycles. The van der Waals surface area contributed by atoms with Gasteiger partial charge < -0.3 is 0 Å². The summed E-state index contributed by atoms with van der Waals surface area (Å²) in [4.78, 5) is 9.22. The molecule has 16 heavy (non-hydrogen) atoms. The van der Waals surface area contributed by atoms with E-state index in [9.17, 15) is 27.7 Å². The summed E-state index contributed by atoms with van der Waals surface area (Å²) in [5.41, 5.74) is -2.90. The number of hydrogen-bond donors (Lipinski definition) is 0. The summed E-state index contributed by atoms with van der Waals surface area (Å²) in [6, 6.07) is 0.783. The molecule has 0 bridgehead atoms. The summed E-state index contributed by atoms with van der Waals surface area (Å²) in [6.07, 6.45) is -4.82. The highest BCUT2D eigenvalue weighted by Crippen LogP contribution is 2.36. The van der Waals surface area contributed by atoms with Crippen molar-refractivity contribution >= 4 is 21.6 Å². The Labute approximate surface area is 95.3 Å². The van der Waals surface area contributed by atoms with Gasteiger partial charge in [-0.15, -0.1) is 0 Å². The molecule has 1 aromatic carbocycles. The molecule has 0 fully saturated rings. The third-order valence-electron chi connectivity index (χ3n) is 1.83. The van der Waals surface area contributed by atoms with Crippen LogP contribution in [0.2, 0.25) is 0 Å². The Morgan fingerprint density at radius 1 is 1.38 bits per heavy atom. The smallest absolute Gasteiger partial charge is 0.258 e. The third kappa shape index (κ3) is 2.49. The van der Waals surface area contributed by atoms with Crippen LogP contribution in [0.15, 0.2) is 12.1 Å². The van der Waals surface area contributed by atoms with E-state index in [0.29, 0.717) is 12.1 Å². The predicted molar refractivity (Wildman–Crippen MR) is 50.7 cm³/mol. The molecule has 0 amide bonds. The normalized spacial score (nSPS) is 11.6. The van der Waals surface area contributed by atoms with Crippen LogP contribution < -0.4 is 0 Å². The number of rotatable bonds is 2. The lowest BCUT2D eigenvalue weighted by molar-refractivity contribution is -0.385. The van der Waals surface area contributed by atoms with Crippen LogP contribution in [-0.4, -0.2) is 4.92 Å². The van der Waals surface area contributed by atoms with Crippen molar-refractivity contribution in [3.8, 4) is 0 Å². The fraction of sp³-hybridized carbons (Fsp3) is 0.250. The highest BCUT2D eigenvalue weighted by Gasteiger charge is 2.36. The van der Waals surface area contributed by atoms with Crippen molar-refractivity contribution in [2.24, 2.45) is 0 Å². The van der Waals surface area contributed by atoms with Crippen LogP contribution in [0.1, 0.15) is 11.1 Å². The molecule has 8 heteroatoms. The van der Waals surface area contributed by atoms with Gasteiger partial charge in [0, 0.05) is 17.0 Å². The Bertz CT molecular complexity index is 433. The van der Waals surface area contributed by atoms with Gasteiger partial charge in [0.2, 0.25) is 0 Å². The summed E-state index contributed by atoms with van der Waals surface area (Å²) in [7, 11) is 0. The maximum Gasteiger partial charge on any atom is 0.417 e. The Kier molecular flexibility index (Phi) is 3.51. The number of benzene rings is 1. The minimum atomic E-state index is -4.82. The van der Waals surface area contributed by atoms with E-state index in [1.165, 1.54) is 0 Å². The fourth-order valence-electron chi connectivity index (χ4n) is 1.12. The number of non-ortho nitro benzene ring substituents is 1. The van der Waals surface area contributed by atoms with Crippen LogP contribution in [0.5, 0.6) is 0 Å². The Balaban J connectivity index is 3.49. The minimum absolute atomic E-state index is 0.319. The highest BCUT2D eigenvalue weighted by atomic mass is 79.9. The zero-order chi connectivity index (χ0) is 12.5.